The molecule has 0 unspecified atom stereocenters. The molecule has 4 aromatic rings. The van der Waals surface area contributed by atoms with Crippen LogP contribution in [0.5, 0.6) is 11.5 Å². The topological polar surface area (TPSA) is 47.0 Å². The van der Waals surface area contributed by atoms with Gasteiger partial charge < -0.3 is 9.47 Å². The van der Waals surface area contributed by atoms with Crippen LogP contribution in [0.1, 0.15) is 5.56 Å². The molecule has 0 radical (unpaired) electrons. The lowest BCUT2D eigenvalue weighted by Crippen LogP contribution is -2.09. The third-order valence-electron chi connectivity index (χ3n) is 4.46. The summed E-state index contributed by atoms with van der Waals surface area (Å²) >= 11 is 1.56. The zero-order chi connectivity index (χ0) is 19.5. The molecule has 6 heteroatoms. The van der Waals surface area contributed by atoms with Crippen molar-refractivity contribution >= 4 is 28.4 Å². The van der Waals surface area contributed by atoms with Crippen LogP contribution in [0.2, 0.25) is 0 Å². The van der Waals surface area contributed by atoms with Crippen molar-refractivity contribution in [2.75, 3.05) is 11.8 Å². The van der Waals surface area contributed by atoms with Gasteiger partial charge >= 0.3 is 0 Å². The minimum Gasteiger partial charge on any atom is -0.454 e. The summed E-state index contributed by atoms with van der Waals surface area (Å²) in [5, 5.41) is 9.43. The molecule has 0 fully saturated rings. The number of nitrogens with zero attached hydrogens (tertiary/aromatic N) is 3. The highest BCUT2D eigenvalue weighted by atomic mass is 32.1. The van der Waals surface area contributed by atoms with E-state index in [0.717, 1.165) is 39.1 Å². The van der Waals surface area contributed by atoms with Crippen LogP contribution in [-0.4, -0.2) is 18.0 Å². The highest BCUT2D eigenvalue weighted by molar-refractivity contribution is 7.14. The number of hydrogen-bond acceptors (Lipinski definition) is 6. The van der Waals surface area contributed by atoms with Crippen molar-refractivity contribution in [3.05, 3.63) is 89.8 Å². The molecule has 0 atom stereocenters. The molecule has 0 saturated heterocycles. The Morgan fingerprint density at radius 3 is 2.48 bits per heavy atom. The summed E-state index contributed by atoms with van der Waals surface area (Å²) in [5.41, 5.74) is 3.89. The summed E-state index contributed by atoms with van der Waals surface area (Å²) in [7, 11) is 0. The Morgan fingerprint density at radius 1 is 0.897 bits per heavy atom. The zero-order valence-electron chi connectivity index (χ0n) is 15.4. The van der Waals surface area contributed by atoms with Crippen LogP contribution >= 0.6 is 11.3 Å². The average Bonchev–Trinajstić information content (AvgIpc) is 3.45. The number of aromatic nitrogens is 1. The number of hydrogen-bond donors (Lipinski definition) is 0. The largest absolute Gasteiger partial charge is 0.454 e. The molecule has 0 amide bonds. The first-order chi connectivity index (χ1) is 14.4. The number of rotatable bonds is 5. The standard InChI is InChI=1S/C23H17N3O2S/c1-3-7-18(8-4-1)20-15-29-23(25-20)26(19-9-5-2-6-10-19)24-14-17-11-12-21-22(13-17)28-16-27-21/h1-15H,16H2. The summed E-state index contributed by atoms with van der Waals surface area (Å²) < 4.78 is 10.8. The van der Waals surface area contributed by atoms with E-state index in [4.69, 9.17) is 19.6 Å². The number of para-hydroxylation sites is 1. The number of fused-ring (bicyclic) bond motifs is 1. The quantitative estimate of drug-likeness (QED) is 0.318. The maximum absolute atomic E-state index is 5.46. The first-order valence-electron chi connectivity index (χ1n) is 9.16. The van der Waals surface area contributed by atoms with Gasteiger partial charge in [-0.05, 0) is 35.9 Å². The van der Waals surface area contributed by atoms with Gasteiger partial charge in [0, 0.05) is 10.9 Å². The lowest BCUT2D eigenvalue weighted by Gasteiger charge is -2.15. The molecule has 0 bridgehead atoms. The molecule has 0 saturated carbocycles. The van der Waals surface area contributed by atoms with Crippen molar-refractivity contribution in [2.45, 2.75) is 0 Å². The maximum atomic E-state index is 5.46. The molecule has 1 aliphatic rings. The van der Waals surface area contributed by atoms with Crippen molar-refractivity contribution in [1.29, 1.82) is 0 Å². The average molecular weight is 399 g/mol. The first-order valence-corrected chi connectivity index (χ1v) is 10.0. The van der Waals surface area contributed by atoms with Crippen molar-refractivity contribution in [1.82, 2.24) is 4.98 Å². The summed E-state index contributed by atoms with van der Waals surface area (Å²) in [4.78, 5) is 4.81. The highest BCUT2D eigenvalue weighted by Gasteiger charge is 2.15. The van der Waals surface area contributed by atoms with Gasteiger partial charge in [-0.15, -0.1) is 11.3 Å². The number of anilines is 2. The summed E-state index contributed by atoms with van der Waals surface area (Å²) in [6.45, 7) is 0.257. The number of hydrazone groups is 1. The van der Waals surface area contributed by atoms with Crippen molar-refractivity contribution in [3.63, 3.8) is 0 Å². The van der Waals surface area contributed by atoms with Gasteiger partial charge in [0.15, 0.2) is 11.5 Å². The Hall–Kier alpha value is -3.64. The molecule has 5 nitrogen and oxygen atoms in total. The SMILES string of the molecule is C(=NN(c1ccccc1)c1nc(-c2ccccc2)cs1)c1ccc2c(c1)OCO2. The van der Waals surface area contributed by atoms with E-state index >= 15 is 0 Å². The van der Waals surface area contributed by atoms with Crippen molar-refractivity contribution < 1.29 is 9.47 Å². The van der Waals surface area contributed by atoms with Crippen LogP contribution in [0.4, 0.5) is 10.8 Å². The van der Waals surface area contributed by atoms with E-state index in [-0.39, 0.29) is 6.79 Å². The van der Waals surface area contributed by atoms with E-state index in [0.29, 0.717) is 0 Å². The van der Waals surface area contributed by atoms with Crippen molar-refractivity contribution in [2.24, 2.45) is 5.10 Å². The van der Waals surface area contributed by atoms with E-state index in [1.807, 2.05) is 71.7 Å². The molecule has 0 N–H and O–H groups in total. The monoisotopic (exact) mass is 399 g/mol. The van der Waals surface area contributed by atoms with Crippen LogP contribution in [0.3, 0.4) is 0 Å². The van der Waals surface area contributed by atoms with E-state index < -0.39 is 0 Å². The molecule has 0 aliphatic carbocycles. The number of benzene rings is 3. The molecule has 3 aromatic carbocycles. The molecule has 142 valence electrons. The second-order valence-electron chi connectivity index (χ2n) is 6.39. The normalized spacial score (nSPS) is 12.4. The second kappa shape index (κ2) is 7.77. The Morgan fingerprint density at radius 2 is 1.66 bits per heavy atom. The molecule has 0 spiro atoms. The molecule has 29 heavy (non-hydrogen) atoms. The Bertz CT molecular complexity index is 1140. The molecular weight excluding hydrogens is 382 g/mol. The van der Waals surface area contributed by atoms with Crippen LogP contribution in [0.15, 0.2) is 89.3 Å². The molecule has 1 aliphatic heterocycles. The predicted octanol–water partition coefficient (Wildman–Crippen LogP) is 5.71. The van der Waals surface area contributed by atoms with E-state index in [2.05, 4.69) is 17.5 Å². The van der Waals surface area contributed by atoms with Crippen LogP contribution in [0, 0.1) is 0 Å². The van der Waals surface area contributed by atoms with Gasteiger partial charge in [-0.2, -0.15) is 5.10 Å². The van der Waals surface area contributed by atoms with Crippen LogP contribution in [0.25, 0.3) is 11.3 Å². The Balaban J connectivity index is 1.49. The van der Waals surface area contributed by atoms with Crippen LogP contribution < -0.4 is 14.5 Å². The van der Waals surface area contributed by atoms with Gasteiger partial charge in [0.1, 0.15) is 0 Å². The number of thiazole rings is 1. The first kappa shape index (κ1) is 17.5. The smallest absolute Gasteiger partial charge is 0.231 e. The molecule has 1 aromatic heterocycles. The van der Waals surface area contributed by atoms with Gasteiger partial charge in [0.25, 0.3) is 0 Å². The minimum absolute atomic E-state index is 0.257. The van der Waals surface area contributed by atoms with E-state index in [1.54, 1.807) is 17.6 Å². The lowest BCUT2D eigenvalue weighted by molar-refractivity contribution is 0.174. The van der Waals surface area contributed by atoms with E-state index in [9.17, 15) is 0 Å². The van der Waals surface area contributed by atoms with E-state index in [1.165, 1.54) is 0 Å². The third-order valence-corrected chi connectivity index (χ3v) is 5.28. The summed E-state index contributed by atoms with van der Waals surface area (Å²) in [6.07, 6.45) is 1.80. The third kappa shape index (κ3) is 3.70. The Kier molecular flexibility index (Phi) is 4.68. The van der Waals surface area contributed by atoms with Gasteiger partial charge in [-0.1, -0.05) is 48.5 Å². The fourth-order valence-electron chi connectivity index (χ4n) is 3.02. The lowest BCUT2D eigenvalue weighted by atomic mass is 10.2. The number of ether oxygens (including phenoxy) is 2. The second-order valence-corrected chi connectivity index (χ2v) is 7.22. The molecule has 5 rings (SSSR count). The van der Waals surface area contributed by atoms with Crippen molar-refractivity contribution in [3.8, 4) is 22.8 Å². The molecular formula is C23H17N3O2S. The predicted molar refractivity (Wildman–Crippen MR) is 116 cm³/mol. The minimum atomic E-state index is 0.257. The maximum Gasteiger partial charge on any atom is 0.231 e. The molecule has 2 heterocycles. The fourth-order valence-corrected chi connectivity index (χ4v) is 3.83. The van der Waals surface area contributed by atoms with Gasteiger partial charge in [0.05, 0.1) is 17.6 Å². The summed E-state index contributed by atoms with van der Waals surface area (Å²) in [5.74, 6) is 1.50. The van der Waals surface area contributed by atoms with Crippen LogP contribution in [-0.2, 0) is 0 Å². The van der Waals surface area contributed by atoms with Gasteiger partial charge in [0.2, 0.25) is 11.9 Å². The fraction of sp³-hybridized carbons (Fsp3) is 0.0435. The van der Waals surface area contributed by atoms with Gasteiger partial charge in [-0.25, -0.2) is 9.99 Å². The Labute approximate surface area is 172 Å². The van der Waals surface area contributed by atoms with Gasteiger partial charge in [-0.3, -0.25) is 0 Å². The zero-order valence-corrected chi connectivity index (χ0v) is 16.3. The summed E-state index contributed by atoms with van der Waals surface area (Å²) in [6, 6.07) is 25.9. The highest BCUT2D eigenvalue weighted by Crippen LogP contribution is 2.34.